The number of hydrogen-bond donors (Lipinski definition) is 1. The SMILES string of the molecule is COc1ccc(C[NH+]2COc3c(cc4c(oc(=O)c5ccccc54)c3C)C2)cc1OC. The first kappa shape index (κ1) is 19.5. The maximum absolute atomic E-state index is 12.4. The van der Waals surface area contributed by atoms with E-state index >= 15 is 0 Å². The molecular weight excluding hydrogens is 394 g/mol. The van der Waals surface area contributed by atoms with Crippen LogP contribution in [0.5, 0.6) is 17.2 Å². The predicted octanol–water partition coefficient (Wildman–Crippen LogP) is 3.21. The molecule has 0 aliphatic carbocycles. The summed E-state index contributed by atoms with van der Waals surface area (Å²) in [6.45, 7) is 4.10. The molecule has 0 saturated heterocycles. The largest absolute Gasteiger partial charge is 0.493 e. The van der Waals surface area contributed by atoms with Gasteiger partial charge in [0.05, 0.1) is 19.6 Å². The van der Waals surface area contributed by atoms with E-state index in [1.165, 1.54) is 4.90 Å². The van der Waals surface area contributed by atoms with Crippen LogP contribution in [0.25, 0.3) is 21.7 Å². The van der Waals surface area contributed by atoms with Gasteiger partial charge < -0.3 is 18.6 Å². The number of ether oxygens (including phenoxy) is 3. The number of aryl methyl sites for hydroxylation is 1. The van der Waals surface area contributed by atoms with Gasteiger partial charge in [0, 0.05) is 22.1 Å². The summed E-state index contributed by atoms with van der Waals surface area (Å²) < 4.78 is 22.6. The summed E-state index contributed by atoms with van der Waals surface area (Å²) in [5.74, 6) is 2.26. The molecule has 3 aromatic carbocycles. The van der Waals surface area contributed by atoms with Crippen LogP contribution in [0.15, 0.2) is 57.7 Å². The molecule has 31 heavy (non-hydrogen) atoms. The molecule has 0 bridgehead atoms. The van der Waals surface area contributed by atoms with Gasteiger partial charge in [-0.3, -0.25) is 4.90 Å². The van der Waals surface area contributed by atoms with Crippen molar-refractivity contribution in [2.24, 2.45) is 0 Å². The zero-order valence-corrected chi connectivity index (χ0v) is 17.8. The molecule has 0 spiro atoms. The second-order valence-electron chi connectivity index (χ2n) is 7.88. The third-order valence-electron chi connectivity index (χ3n) is 5.93. The summed E-state index contributed by atoms with van der Waals surface area (Å²) in [6.07, 6.45) is 0. The van der Waals surface area contributed by atoms with Gasteiger partial charge in [0.15, 0.2) is 11.5 Å². The van der Waals surface area contributed by atoms with E-state index in [1.54, 1.807) is 20.3 Å². The van der Waals surface area contributed by atoms with Crippen LogP contribution in [-0.2, 0) is 13.1 Å². The second kappa shape index (κ2) is 7.63. The number of quaternary nitrogens is 1. The highest BCUT2D eigenvalue weighted by Crippen LogP contribution is 2.35. The average Bonchev–Trinajstić information content (AvgIpc) is 2.80. The number of methoxy groups -OCH3 is 2. The highest BCUT2D eigenvalue weighted by atomic mass is 16.5. The Morgan fingerprint density at radius 3 is 2.52 bits per heavy atom. The molecule has 158 valence electrons. The molecule has 1 atom stereocenters. The summed E-state index contributed by atoms with van der Waals surface area (Å²) in [7, 11) is 3.28. The van der Waals surface area contributed by atoms with Crippen LogP contribution in [0, 0.1) is 6.92 Å². The van der Waals surface area contributed by atoms with Crippen LogP contribution >= 0.6 is 0 Å². The third-order valence-corrected chi connectivity index (χ3v) is 5.93. The standard InChI is InChI=1S/C25H23NO5/c1-15-23-17(11-20-18-6-4-5-7-19(18)25(27)31-24(15)20)13-26(14-30-23)12-16-8-9-21(28-2)22(10-16)29-3/h4-11H,12-14H2,1-3H3/p+1. The minimum absolute atomic E-state index is 0.317. The first-order valence-electron chi connectivity index (χ1n) is 10.2. The van der Waals surface area contributed by atoms with Crippen LogP contribution in [0.1, 0.15) is 16.7 Å². The molecule has 5 rings (SSSR count). The first-order valence-corrected chi connectivity index (χ1v) is 10.2. The fourth-order valence-electron chi connectivity index (χ4n) is 4.45. The molecular formula is C25H24NO5+. The van der Waals surface area contributed by atoms with Crippen molar-refractivity contribution in [1.29, 1.82) is 0 Å². The lowest BCUT2D eigenvalue weighted by molar-refractivity contribution is -0.945. The van der Waals surface area contributed by atoms with Crippen molar-refractivity contribution in [2.45, 2.75) is 20.0 Å². The van der Waals surface area contributed by atoms with E-state index in [2.05, 4.69) is 12.1 Å². The Labute approximate surface area is 179 Å². The van der Waals surface area contributed by atoms with Gasteiger partial charge >= 0.3 is 5.63 Å². The van der Waals surface area contributed by atoms with Gasteiger partial charge in [0.2, 0.25) is 6.73 Å². The van der Waals surface area contributed by atoms with Crippen LogP contribution in [0.3, 0.4) is 0 Å². The van der Waals surface area contributed by atoms with E-state index in [0.717, 1.165) is 57.8 Å². The van der Waals surface area contributed by atoms with E-state index in [9.17, 15) is 4.79 Å². The molecule has 1 unspecified atom stereocenters. The van der Waals surface area contributed by atoms with E-state index in [-0.39, 0.29) is 5.63 Å². The monoisotopic (exact) mass is 418 g/mol. The zero-order chi connectivity index (χ0) is 21.5. The van der Waals surface area contributed by atoms with Gasteiger partial charge in [-0.05, 0) is 42.6 Å². The Bertz CT molecular complexity index is 1360. The van der Waals surface area contributed by atoms with Crippen LogP contribution < -0.4 is 24.7 Å². The average molecular weight is 418 g/mol. The highest BCUT2D eigenvalue weighted by Gasteiger charge is 2.25. The number of nitrogens with one attached hydrogen (secondary N) is 1. The van der Waals surface area contributed by atoms with Crippen molar-refractivity contribution in [3.8, 4) is 17.2 Å². The Morgan fingerprint density at radius 2 is 1.74 bits per heavy atom. The van der Waals surface area contributed by atoms with Gasteiger partial charge in [0.25, 0.3) is 0 Å². The molecule has 0 fully saturated rings. The number of benzene rings is 3. The van der Waals surface area contributed by atoms with Gasteiger partial charge in [-0.25, -0.2) is 4.79 Å². The lowest BCUT2D eigenvalue weighted by atomic mass is 10.00. The Hall–Kier alpha value is -3.51. The van der Waals surface area contributed by atoms with Gasteiger partial charge in [-0.1, -0.05) is 18.2 Å². The number of rotatable bonds is 4. The molecule has 1 aliphatic heterocycles. The molecule has 0 radical (unpaired) electrons. The molecule has 6 heteroatoms. The Balaban J connectivity index is 1.52. The van der Waals surface area contributed by atoms with Gasteiger partial charge in [-0.15, -0.1) is 0 Å². The minimum Gasteiger partial charge on any atom is -0.493 e. The van der Waals surface area contributed by atoms with E-state index < -0.39 is 0 Å². The van der Waals surface area contributed by atoms with Crippen molar-refractivity contribution in [3.05, 3.63) is 75.6 Å². The van der Waals surface area contributed by atoms with Crippen molar-refractivity contribution in [3.63, 3.8) is 0 Å². The van der Waals surface area contributed by atoms with E-state index in [0.29, 0.717) is 17.7 Å². The van der Waals surface area contributed by atoms with E-state index in [1.807, 2.05) is 37.3 Å². The lowest BCUT2D eigenvalue weighted by Gasteiger charge is -2.28. The maximum atomic E-state index is 12.4. The third kappa shape index (κ3) is 3.29. The molecule has 0 amide bonds. The quantitative estimate of drug-likeness (QED) is 0.407. The normalized spacial score (nSPS) is 15.5. The molecule has 4 aromatic rings. The predicted molar refractivity (Wildman–Crippen MR) is 118 cm³/mol. The van der Waals surface area contributed by atoms with Crippen LogP contribution in [0.4, 0.5) is 0 Å². The molecule has 1 aliphatic rings. The molecule has 0 saturated carbocycles. The number of fused-ring (bicyclic) bond motifs is 4. The number of hydrogen-bond acceptors (Lipinski definition) is 5. The molecule has 1 N–H and O–H groups in total. The van der Waals surface area contributed by atoms with Crippen LogP contribution in [-0.4, -0.2) is 21.0 Å². The summed E-state index contributed by atoms with van der Waals surface area (Å²) in [5.41, 5.74) is 3.42. The first-order chi connectivity index (χ1) is 15.1. The smallest absolute Gasteiger partial charge is 0.344 e. The van der Waals surface area contributed by atoms with Gasteiger partial charge in [0.1, 0.15) is 24.4 Å². The van der Waals surface area contributed by atoms with Gasteiger partial charge in [-0.2, -0.15) is 0 Å². The van der Waals surface area contributed by atoms with Crippen molar-refractivity contribution >= 4 is 21.7 Å². The summed E-state index contributed by atoms with van der Waals surface area (Å²) in [5, 5.41) is 2.45. The highest BCUT2D eigenvalue weighted by molar-refractivity contribution is 6.06. The fraction of sp³-hybridized carbons (Fsp3) is 0.240. The van der Waals surface area contributed by atoms with E-state index in [4.69, 9.17) is 18.6 Å². The Kier molecular flexibility index (Phi) is 4.79. The lowest BCUT2D eigenvalue weighted by Crippen LogP contribution is -3.10. The second-order valence-corrected chi connectivity index (χ2v) is 7.88. The summed E-state index contributed by atoms with van der Waals surface area (Å²) in [6, 6.07) is 15.7. The summed E-state index contributed by atoms with van der Waals surface area (Å²) in [4.78, 5) is 13.7. The topological polar surface area (TPSA) is 62.3 Å². The minimum atomic E-state index is -0.317. The molecule has 2 heterocycles. The summed E-state index contributed by atoms with van der Waals surface area (Å²) >= 11 is 0. The van der Waals surface area contributed by atoms with Crippen LogP contribution in [0.2, 0.25) is 0 Å². The van der Waals surface area contributed by atoms with Crippen molar-refractivity contribution < 1.29 is 23.5 Å². The van der Waals surface area contributed by atoms with Crippen molar-refractivity contribution in [1.82, 2.24) is 0 Å². The maximum Gasteiger partial charge on any atom is 0.344 e. The Morgan fingerprint density at radius 1 is 0.968 bits per heavy atom. The molecule has 6 nitrogen and oxygen atoms in total. The zero-order valence-electron chi connectivity index (χ0n) is 17.8. The molecule has 1 aromatic heterocycles. The van der Waals surface area contributed by atoms with Crippen molar-refractivity contribution in [2.75, 3.05) is 21.0 Å². The fourth-order valence-corrected chi connectivity index (χ4v) is 4.45.